The first-order valence-electron chi connectivity index (χ1n) is 7.46. The fourth-order valence-corrected chi connectivity index (χ4v) is 2.05. The zero-order valence-electron chi connectivity index (χ0n) is 13.8. The maximum atomic E-state index is 13.7. The Bertz CT molecular complexity index is 820. The van der Waals surface area contributed by atoms with Gasteiger partial charge in [0.1, 0.15) is 5.82 Å². The van der Waals surface area contributed by atoms with Crippen molar-refractivity contribution in [1.29, 1.82) is 0 Å². The van der Waals surface area contributed by atoms with E-state index in [0.29, 0.717) is 5.69 Å². The first-order chi connectivity index (χ1) is 11.8. The summed E-state index contributed by atoms with van der Waals surface area (Å²) in [5, 5.41) is 4.87. The number of nitrogens with one attached hydrogen (secondary N) is 2. The predicted octanol–water partition coefficient (Wildman–Crippen LogP) is 2.89. The molecule has 2 aromatic carbocycles. The van der Waals surface area contributed by atoms with Crippen LogP contribution in [-0.4, -0.2) is 24.4 Å². The lowest BCUT2D eigenvalue weighted by molar-refractivity contribution is -0.119. The van der Waals surface area contributed by atoms with Crippen LogP contribution in [0.1, 0.15) is 22.8 Å². The van der Waals surface area contributed by atoms with Gasteiger partial charge in [-0.2, -0.15) is 0 Å². The second-order valence-corrected chi connectivity index (χ2v) is 5.37. The number of ether oxygens (including phenoxy) is 1. The van der Waals surface area contributed by atoms with Gasteiger partial charge in [0.15, 0.2) is 6.61 Å². The number of halogens is 1. The molecule has 0 atom stereocenters. The van der Waals surface area contributed by atoms with Gasteiger partial charge in [0.25, 0.3) is 5.91 Å². The van der Waals surface area contributed by atoms with E-state index in [1.54, 1.807) is 25.1 Å². The Kier molecular flexibility index (Phi) is 5.84. The first-order valence-corrected chi connectivity index (χ1v) is 7.46. The average molecular weight is 344 g/mol. The van der Waals surface area contributed by atoms with Crippen LogP contribution in [0.3, 0.4) is 0 Å². The number of carbonyl (C=O) groups is 3. The van der Waals surface area contributed by atoms with Crippen LogP contribution in [0.2, 0.25) is 0 Å². The van der Waals surface area contributed by atoms with E-state index >= 15 is 0 Å². The molecule has 0 aliphatic heterocycles. The Morgan fingerprint density at radius 1 is 1.08 bits per heavy atom. The first kappa shape index (κ1) is 18.1. The Morgan fingerprint density at radius 3 is 2.52 bits per heavy atom. The van der Waals surface area contributed by atoms with Crippen LogP contribution < -0.4 is 10.6 Å². The van der Waals surface area contributed by atoms with Crippen molar-refractivity contribution in [2.75, 3.05) is 17.2 Å². The topological polar surface area (TPSA) is 84.5 Å². The van der Waals surface area contributed by atoms with E-state index in [1.165, 1.54) is 31.2 Å². The molecular formula is C18H17FN2O4. The van der Waals surface area contributed by atoms with E-state index in [9.17, 15) is 18.8 Å². The van der Waals surface area contributed by atoms with Gasteiger partial charge in [-0.1, -0.05) is 12.1 Å². The Labute approximate surface area is 144 Å². The Balaban J connectivity index is 1.93. The second kappa shape index (κ2) is 8.05. The number of anilines is 2. The van der Waals surface area contributed by atoms with Crippen molar-refractivity contribution in [2.45, 2.75) is 13.8 Å². The third-order valence-electron chi connectivity index (χ3n) is 3.15. The molecule has 0 saturated heterocycles. The molecule has 7 heteroatoms. The van der Waals surface area contributed by atoms with Gasteiger partial charge in [-0.05, 0) is 42.8 Å². The van der Waals surface area contributed by atoms with E-state index in [1.807, 2.05) is 0 Å². The number of amides is 2. The third kappa shape index (κ3) is 5.42. The van der Waals surface area contributed by atoms with Crippen LogP contribution in [-0.2, 0) is 14.3 Å². The quantitative estimate of drug-likeness (QED) is 0.817. The molecule has 0 spiro atoms. The third-order valence-corrected chi connectivity index (χ3v) is 3.15. The van der Waals surface area contributed by atoms with Gasteiger partial charge in [0.2, 0.25) is 5.91 Å². The average Bonchev–Trinajstić information content (AvgIpc) is 2.55. The lowest BCUT2D eigenvalue weighted by Crippen LogP contribution is -2.21. The summed E-state index contributed by atoms with van der Waals surface area (Å²) in [6.07, 6.45) is 0. The summed E-state index contributed by atoms with van der Waals surface area (Å²) in [5.41, 5.74) is 1.36. The number of rotatable bonds is 5. The van der Waals surface area contributed by atoms with Crippen LogP contribution in [0.4, 0.5) is 15.8 Å². The van der Waals surface area contributed by atoms with Gasteiger partial charge in [-0.15, -0.1) is 0 Å². The SMILES string of the molecule is CC(=O)Nc1cccc(C(=O)OCC(=O)Nc2ccc(C)cc2F)c1. The molecule has 0 bridgehead atoms. The van der Waals surface area contributed by atoms with Gasteiger partial charge in [0.05, 0.1) is 11.3 Å². The number of hydrogen-bond acceptors (Lipinski definition) is 4. The van der Waals surface area contributed by atoms with E-state index < -0.39 is 24.3 Å². The second-order valence-electron chi connectivity index (χ2n) is 5.37. The minimum absolute atomic E-state index is 0.0132. The molecule has 0 aromatic heterocycles. The molecule has 0 fully saturated rings. The van der Waals surface area contributed by atoms with E-state index in [4.69, 9.17) is 4.74 Å². The highest BCUT2D eigenvalue weighted by Crippen LogP contribution is 2.15. The summed E-state index contributed by atoms with van der Waals surface area (Å²) >= 11 is 0. The summed E-state index contributed by atoms with van der Waals surface area (Å²) in [4.78, 5) is 34.8. The Morgan fingerprint density at radius 2 is 1.84 bits per heavy atom. The fourth-order valence-electron chi connectivity index (χ4n) is 2.05. The van der Waals surface area contributed by atoms with Gasteiger partial charge in [-0.3, -0.25) is 9.59 Å². The smallest absolute Gasteiger partial charge is 0.338 e. The summed E-state index contributed by atoms with van der Waals surface area (Å²) in [7, 11) is 0. The number of esters is 1. The van der Waals surface area contributed by atoms with E-state index in [2.05, 4.69) is 10.6 Å². The molecular weight excluding hydrogens is 327 g/mol. The van der Waals surface area contributed by atoms with Crippen LogP contribution in [0, 0.1) is 12.7 Å². The van der Waals surface area contributed by atoms with Gasteiger partial charge in [-0.25, -0.2) is 9.18 Å². The standard InChI is InChI=1S/C18H17FN2O4/c1-11-6-7-16(15(19)8-11)21-17(23)10-25-18(24)13-4-3-5-14(9-13)20-12(2)22/h3-9H,10H2,1-2H3,(H,20,22)(H,21,23). The lowest BCUT2D eigenvalue weighted by atomic mass is 10.2. The molecule has 6 nitrogen and oxygen atoms in total. The molecule has 0 radical (unpaired) electrons. The van der Waals surface area contributed by atoms with Crippen molar-refractivity contribution >= 4 is 29.2 Å². The summed E-state index contributed by atoms with van der Waals surface area (Å²) in [5.74, 6) is -2.23. The highest BCUT2D eigenvalue weighted by atomic mass is 19.1. The Hall–Kier alpha value is -3.22. The number of hydrogen-bond donors (Lipinski definition) is 2. The molecule has 130 valence electrons. The van der Waals surface area contributed by atoms with Crippen LogP contribution in [0.5, 0.6) is 0 Å². The summed E-state index contributed by atoms with van der Waals surface area (Å²) in [6, 6.07) is 10.5. The largest absolute Gasteiger partial charge is 0.452 e. The number of carbonyl (C=O) groups excluding carboxylic acids is 3. The number of benzene rings is 2. The molecule has 2 rings (SSSR count). The highest BCUT2D eigenvalue weighted by Gasteiger charge is 2.12. The van der Waals surface area contributed by atoms with Crippen molar-refractivity contribution < 1.29 is 23.5 Å². The molecule has 0 aliphatic rings. The molecule has 0 aliphatic carbocycles. The van der Waals surface area contributed by atoms with Gasteiger partial charge in [0, 0.05) is 12.6 Å². The molecule has 25 heavy (non-hydrogen) atoms. The maximum absolute atomic E-state index is 13.7. The summed E-state index contributed by atoms with van der Waals surface area (Å²) < 4.78 is 18.6. The maximum Gasteiger partial charge on any atom is 0.338 e. The van der Waals surface area contributed by atoms with E-state index in [-0.39, 0.29) is 17.2 Å². The normalized spacial score (nSPS) is 10.0. The zero-order chi connectivity index (χ0) is 18.4. The van der Waals surface area contributed by atoms with E-state index in [0.717, 1.165) is 5.56 Å². The van der Waals surface area contributed by atoms with Crippen LogP contribution in [0.15, 0.2) is 42.5 Å². The van der Waals surface area contributed by atoms with Crippen molar-refractivity contribution in [3.8, 4) is 0 Å². The number of aryl methyl sites for hydroxylation is 1. The molecule has 2 N–H and O–H groups in total. The summed E-state index contributed by atoms with van der Waals surface area (Å²) in [6.45, 7) is 2.52. The molecule has 0 heterocycles. The minimum atomic E-state index is -0.730. The van der Waals surface area contributed by atoms with Crippen LogP contribution >= 0.6 is 0 Å². The molecule has 0 unspecified atom stereocenters. The predicted molar refractivity (Wildman–Crippen MR) is 90.8 cm³/mol. The van der Waals surface area contributed by atoms with Gasteiger partial charge < -0.3 is 15.4 Å². The monoisotopic (exact) mass is 344 g/mol. The molecule has 0 saturated carbocycles. The molecule has 2 amide bonds. The van der Waals surface area contributed by atoms with Crippen molar-refractivity contribution in [3.63, 3.8) is 0 Å². The van der Waals surface area contributed by atoms with Crippen molar-refractivity contribution in [3.05, 3.63) is 59.4 Å². The zero-order valence-corrected chi connectivity index (χ0v) is 13.8. The van der Waals surface area contributed by atoms with Gasteiger partial charge >= 0.3 is 5.97 Å². The van der Waals surface area contributed by atoms with Crippen molar-refractivity contribution in [1.82, 2.24) is 0 Å². The fraction of sp³-hybridized carbons (Fsp3) is 0.167. The van der Waals surface area contributed by atoms with Crippen LogP contribution in [0.25, 0.3) is 0 Å². The van der Waals surface area contributed by atoms with Crippen molar-refractivity contribution in [2.24, 2.45) is 0 Å². The minimum Gasteiger partial charge on any atom is -0.452 e. The highest BCUT2D eigenvalue weighted by molar-refractivity contribution is 5.96. The lowest BCUT2D eigenvalue weighted by Gasteiger charge is -2.09. The molecule has 2 aromatic rings.